The monoisotopic (exact) mass is 306 g/mol. The van der Waals surface area contributed by atoms with Crippen molar-refractivity contribution in [3.8, 4) is 0 Å². The van der Waals surface area contributed by atoms with Crippen LogP contribution in [0.3, 0.4) is 0 Å². The van der Waals surface area contributed by atoms with Crippen molar-refractivity contribution in [2.75, 3.05) is 20.6 Å². The fourth-order valence-corrected chi connectivity index (χ4v) is 2.84. The van der Waals surface area contributed by atoms with Crippen molar-refractivity contribution in [3.05, 3.63) is 39.4 Å². The van der Waals surface area contributed by atoms with Crippen molar-refractivity contribution in [3.63, 3.8) is 0 Å². The number of hydrogen-bond acceptors (Lipinski definition) is 4. The summed E-state index contributed by atoms with van der Waals surface area (Å²) in [6.45, 7) is 5.50. The van der Waals surface area contributed by atoms with Crippen molar-refractivity contribution < 1.29 is 4.52 Å². The molecule has 0 bridgehead atoms. The second-order valence-electron chi connectivity index (χ2n) is 4.95. The Bertz CT molecular complexity index is 569. The maximum Gasteiger partial charge on any atom is 0.193 e. The summed E-state index contributed by atoms with van der Waals surface area (Å²) in [4.78, 5) is 7.86. The van der Waals surface area contributed by atoms with Crippen LogP contribution >= 0.6 is 11.3 Å². The Balaban J connectivity index is 1.87. The van der Waals surface area contributed by atoms with Gasteiger partial charge in [0.05, 0.1) is 5.69 Å². The molecular formula is C15H22N4OS. The quantitative estimate of drug-likeness (QED) is 0.681. The van der Waals surface area contributed by atoms with Gasteiger partial charge in [-0.15, -0.1) is 11.3 Å². The molecular weight excluding hydrogens is 284 g/mol. The lowest BCUT2D eigenvalue weighted by Gasteiger charge is -2.21. The first kappa shape index (κ1) is 15.6. The molecule has 6 heteroatoms. The van der Waals surface area contributed by atoms with Gasteiger partial charge in [-0.25, -0.2) is 0 Å². The molecule has 0 aliphatic rings. The van der Waals surface area contributed by atoms with Crippen molar-refractivity contribution in [2.24, 2.45) is 4.99 Å². The van der Waals surface area contributed by atoms with Gasteiger partial charge in [0.1, 0.15) is 5.76 Å². The molecule has 2 aromatic rings. The number of thiophene rings is 1. The third-order valence-corrected chi connectivity index (χ3v) is 4.39. The van der Waals surface area contributed by atoms with Crippen molar-refractivity contribution >= 4 is 17.3 Å². The first-order valence-corrected chi connectivity index (χ1v) is 7.85. The highest BCUT2D eigenvalue weighted by molar-refractivity contribution is 7.09. The molecule has 2 rings (SSSR count). The predicted molar refractivity (Wildman–Crippen MR) is 86.8 cm³/mol. The lowest BCUT2D eigenvalue weighted by Crippen LogP contribution is -2.39. The zero-order chi connectivity index (χ0) is 15.2. The van der Waals surface area contributed by atoms with Gasteiger partial charge in [-0.2, -0.15) is 0 Å². The molecule has 0 aliphatic carbocycles. The van der Waals surface area contributed by atoms with Gasteiger partial charge in [-0.05, 0) is 31.7 Å². The summed E-state index contributed by atoms with van der Waals surface area (Å²) in [6.07, 6.45) is 1.03. The van der Waals surface area contributed by atoms with E-state index in [1.165, 1.54) is 4.88 Å². The molecule has 0 atom stereocenters. The third-order valence-electron chi connectivity index (χ3n) is 3.45. The number of likely N-dealkylation sites (N-methyl/N-ethyl adjacent to an activating group) is 1. The van der Waals surface area contributed by atoms with Crippen LogP contribution in [0.15, 0.2) is 27.0 Å². The largest absolute Gasteiger partial charge is 0.361 e. The molecule has 114 valence electrons. The first-order valence-electron chi connectivity index (χ1n) is 6.97. The summed E-state index contributed by atoms with van der Waals surface area (Å²) < 4.78 is 5.18. The standard InChI is InChI=1S/C15H22N4OS/c1-11-14(12(2)20-18-11)10-17-15(16-3)19(4)8-7-13-6-5-9-21-13/h5-6,9H,7-8,10H2,1-4H3,(H,16,17). The maximum atomic E-state index is 5.18. The Kier molecular flexibility index (Phi) is 5.38. The predicted octanol–water partition coefficient (Wildman–Crippen LogP) is 2.60. The van der Waals surface area contributed by atoms with Crippen LogP contribution in [0, 0.1) is 13.8 Å². The molecule has 0 aromatic carbocycles. The van der Waals surface area contributed by atoms with Gasteiger partial charge < -0.3 is 14.7 Å². The van der Waals surface area contributed by atoms with Gasteiger partial charge in [-0.3, -0.25) is 4.99 Å². The fourth-order valence-electron chi connectivity index (χ4n) is 2.15. The second-order valence-corrected chi connectivity index (χ2v) is 5.99. The van der Waals surface area contributed by atoms with Gasteiger partial charge in [0.25, 0.3) is 0 Å². The summed E-state index contributed by atoms with van der Waals surface area (Å²) in [7, 11) is 3.85. The highest BCUT2D eigenvalue weighted by Gasteiger charge is 2.11. The minimum absolute atomic E-state index is 0.678. The van der Waals surface area contributed by atoms with E-state index in [1.54, 1.807) is 18.4 Å². The molecule has 0 unspecified atom stereocenters. The van der Waals surface area contributed by atoms with Gasteiger partial charge in [0, 0.05) is 37.6 Å². The summed E-state index contributed by atoms with van der Waals surface area (Å²) in [5.74, 6) is 1.74. The Morgan fingerprint density at radius 1 is 1.48 bits per heavy atom. The lowest BCUT2D eigenvalue weighted by molar-refractivity contribution is 0.392. The third kappa shape index (κ3) is 4.07. The average molecular weight is 306 g/mol. The van der Waals surface area contributed by atoms with Crippen LogP contribution in [0.1, 0.15) is 21.9 Å². The number of aromatic nitrogens is 1. The van der Waals surface area contributed by atoms with Crippen LogP contribution in [0.2, 0.25) is 0 Å². The molecule has 0 radical (unpaired) electrons. The number of aryl methyl sites for hydroxylation is 2. The molecule has 0 saturated carbocycles. The van der Waals surface area contributed by atoms with Crippen LogP contribution in [0.5, 0.6) is 0 Å². The number of rotatable bonds is 5. The van der Waals surface area contributed by atoms with Crippen LogP contribution in [0.25, 0.3) is 0 Å². The van der Waals surface area contributed by atoms with Crippen LogP contribution < -0.4 is 5.32 Å². The molecule has 0 fully saturated rings. The van der Waals surface area contributed by atoms with Crippen LogP contribution in [0.4, 0.5) is 0 Å². The Morgan fingerprint density at radius 3 is 2.86 bits per heavy atom. The smallest absolute Gasteiger partial charge is 0.193 e. The van der Waals surface area contributed by atoms with E-state index in [0.717, 1.165) is 35.9 Å². The summed E-state index contributed by atoms with van der Waals surface area (Å²) >= 11 is 1.79. The zero-order valence-corrected chi connectivity index (χ0v) is 13.8. The molecule has 0 amide bonds. The molecule has 0 aliphatic heterocycles. The molecule has 2 aromatic heterocycles. The number of hydrogen-bond donors (Lipinski definition) is 1. The summed E-state index contributed by atoms with van der Waals surface area (Å²) in [6, 6.07) is 4.25. The number of aliphatic imine (C=N–C) groups is 1. The van der Waals surface area contributed by atoms with Crippen molar-refractivity contribution in [1.82, 2.24) is 15.4 Å². The summed E-state index contributed by atoms with van der Waals surface area (Å²) in [5, 5.41) is 9.44. The Hall–Kier alpha value is -1.82. The number of nitrogens with zero attached hydrogens (tertiary/aromatic N) is 3. The zero-order valence-electron chi connectivity index (χ0n) is 13.0. The first-order chi connectivity index (χ1) is 10.1. The van der Waals surface area contributed by atoms with Gasteiger partial charge >= 0.3 is 0 Å². The average Bonchev–Trinajstić information content (AvgIpc) is 3.09. The SMILES string of the molecule is CN=C(NCc1c(C)noc1C)N(C)CCc1cccs1. The lowest BCUT2D eigenvalue weighted by atomic mass is 10.2. The van der Waals surface area contributed by atoms with E-state index in [-0.39, 0.29) is 0 Å². The highest BCUT2D eigenvalue weighted by Crippen LogP contribution is 2.12. The molecule has 0 spiro atoms. The van der Waals surface area contributed by atoms with E-state index in [0.29, 0.717) is 6.54 Å². The number of nitrogens with one attached hydrogen (secondary N) is 1. The molecule has 2 heterocycles. The Morgan fingerprint density at radius 2 is 2.29 bits per heavy atom. The van der Waals surface area contributed by atoms with E-state index in [4.69, 9.17) is 4.52 Å². The second kappa shape index (κ2) is 7.26. The highest BCUT2D eigenvalue weighted by atomic mass is 32.1. The Labute approximate surface area is 129 Å². The molecule has 5 nitrogen and oxygen atoms in total. The number of guanidine groups is 1. The van der Waals surface area contributed by atoms with E-state index in [2.05, 4.69) is 44.9 Å². The topological polar surface area (TPSA) is 53.7 Å². The van der Waals surface area contributed by atoms with E-state index in [1.807, 2.05) is 13.8 Å². The minimum atomic E-state index is 0.678. The van der Waals surface area contributed by atoms with E-state index < -0.39 is 0 Å². The minimum Gasteiger partial charge on any atom is -0.361 e. The van der Waals surface area contributed by atoms with Gasteiger partial charge in [0.2, 0.25) is 0 Å². The summed E-state index contributed by atoms with van der Waals surface area (Å²) in [5.41, 5.74) is 2.03. The van der Waals surface area contributed by atoms with Gasteiger partial charge in [0.15, 0.2) is 5.96 Å². The maximum absolute atomic E-state index is 5.18. The van der Waals surface area contributed by atoms with Crippen molar-refractivity contribution in [1.29, 1.82) is 0 Å². The van der Waals surface area contributed by atoms with E-state index >= 15 is 0 Å². The molecule has 1 N–H and O–H groups in total. The van der Waals surface area contributed by atoms with Crippen LogP contribution in [-0.2, 0) is 13.0 Å². The fraction of sp³-hybridized carbons (Fsp3) is 0.467. The van der Waals surface area contributed by atoms with Crippen LogP contribution in [-0.4, -0.2) is 36.7 Å². The van der Waals surface area contributed by atoms with Crippen molar-refractivity contribution in [2.45, 2.75) is 26.8 Å². The van der Waals surface area contributed by atoms with Gasteiger partial charge in [-0.1, -0.05) is 11.2 Å². The normalized spacial score (nSPS) is 11.7. The molecule has 21 heavy (non-hydrogen) atoms. The molecule has 0 saturated heterocycles. The van der Waals surface area contributed by atoms with E-state index in [9.17, 15) is 0 Å².